The lowest BCUT2D eigenvalue weighted by Gasteiger charge is -2.42. The van der Waals surface area contributed by atoms with Crippen LogP contribution in [0.5, 0.6) is 0 Å². The van der Waals surface area contributed by atoms with Gasteiger partial charge in [0.25, 0.3) is 0 Å². The van der Waals surface area contributed by atoms with Crippen molar-refractivity contribution in [2.45, 2.75) is 18.6 Å². The van der Waals surface area contributed by atoms with E-state index in [4.69, 9.17) is 11.6 Å². The van der Waals surface area contributed by atoms with E-state index in [1.165, 1.54) is 15.5 Å². The molecule has 0 spiro atoms. The van der Waals surface area contributed by atoms with E-state index < -0.39 is 12.2 Å². The van der Waals surface area contributed by atoms with Crippen molar-refractivity contribution in [1.29, 1.82) is 0 Å². The third-order valence-corrected chi connectivity index (χ3v) is 3.73. The first-order chi connectivity index (χ1) is 8.88. The number of alkyl halides is 3. The Balaban J connectivity index is 2.10. The van der Waals surface area contributed by atoms with Crippen LogP contribution in [-0.4, -0.2) is 33.1 Å². The molecular weight excluding hydrogens is 348 g/mol. The molecule has 1 aliphatic heterocycles. The van der Waals surface area contributed by atoms with Crippen LogP contribution in [-0.2, 0) is 0 Å². The van der Waals surface area contributed by atoms with Gasteiger partial charge in [-0.05, 0) is 22.4 Å². The van der Waals surface area contributed by atoms with Gasteiger partial charge in [0, 0.05) is 12.7 Å². The standard InChI is InChI=1S/C10H7BrClF3N4/c11-6-4-19-7(12)3-16-8(19)9(17-6)18-2-1-5(18)10(13,14)15/h3-5H,1-2H2/t5-/m1/s1. The van der Waals surface area contributed by atoms with E-state index in [1.807, 2.05) is 0 Å². The maximum absolute atomic E-state index is 12.8. The molecule has 1 atom stereocenters. The van der Waals surface area contributed by atoms with Gasteiger partial charge in [-0.15, -0.1) is 0 Å². The summed E-state index contributed by atoms with van der Waals surface area (Å²) in [5.41, 5.74) is 0.321. The molecule has 0 saturated carbocycles. The molecule has 1 aliphatic rings. The fraction of sp³-hybridized carbons (Fsp3) is 0.400. The number of imidazole rings is 1. The first-order valence-electron chi connectivity index (χ1n) is 5.40. The number of aromatic nitrogens is 3. The number of fused-ring (bicyclic) bond motifs is 1. The van der Waals surface area contributed by atoms with Gasteiger partial charge in [0.15, 0.2) is 11.5 Å². The maximum Gasteiger partial charge on any atom is 0.408 e. The lowest BCUT2D eigenvalue weighted by molar-refractivity contribution is -0.159. The van der Waals surface area contributed by atoms with Crippen LogP contribution in [0.3, 0.4) is 0 Å². The topological polar surface area (TPSA) is 33.4 Å². The highest BCUT2D eigenvalue weighted by Crippen LogP contribution is 2.38. The predicted molar refractivity (Wildman–Crippen MR) is 67.5 cm³/mol. The van der Waals surface area contributed by atoms with Crippen molar-refractivity contribution < 1.29 is 13.2 Å². The Bertz CT molecular complexity index is 641. The van der Waals surface area contributed by atoms with Crippen LogP contribution in [0.15, 0.2) is 17.0 Å². The van der Waals surface area contributed by atoms with Crippen molar-refractivity contribution in [3.05, 3.63) is 22.1 Å². The zero-order valence-electron chi connectivity index (χ0n) is 9.32. The van der Waals surface area contributed by atoms with E-state index in [2.05, 4.69) is 25.9 Å². The quantitative estimate of drug-likeness (QED) is 0.787. The van der Waals surface area contributed by atoms with Gasteiger partial charge >= 0.3 is 6.18 Å². The molecule has 2 aromatic rings. The minimum Gasteiger partial charge on any atom is -0.341 e. The van der Waals surface area contributed by atoms with Crippen molar-refractivity contribution in [2.75, 3.05) is 11.4 Å². The van der Waals surface area contributed by atoms with Crippen LogP contribution in [0.2, 0.25) is 5.15 Å². The maximum atomic E-state index is 12.8. The summed E-state index contributed by atoms with van der Waals surface area (Å²) in [7, 11) is 0. The van der Waals surface area contributed by atoms with Gasteiger partial charge < -0.3 is 4.90 Å². The van der Waals surface area contributed by atoms with Gasteiger partial charge in [-0.25, -0.2) is 9.97 Å². The molecule has 3 rings (SSSR count). The van der Waals surface area contributed by atoms with Crippen LogP contribution < -0.4 is 4.90 Å². The normalized spacial score (nSPS) is 19.8. The monoisotopic (exact) mass is 354 g/mol. The van der Waals surface area contributed by atoms with Crippen molar-refractivity contribution in [3.63, 3.8) is 0 Å². The second-order valence-electron chi connectivity index (χ2n) is 4.20. The van der Waals surface area contributed by atoms with E-state index in [1.54, 1.807) is 6.20 Å². The summed E-state index contributed by atoms with van der Waals surface area (Å²) < 4.78 is 40.3. The van der Waals surface area contributed by atoms with Gasteiger partial charge in [0.05, 0.1) is 6.20 Å². The summed E-state index contributed by atoms with van der Waals surface area (Å²) in [6.45, 7) is 0.299. The molecule has 2 aromatic heterocycles. The summed E-state index contributed by atoms with van der Waals surface area (Å²) in [5.74, 6) is 0.190. The molecule has 0 aliphatic carbocycles. The number of halogens is 5. The molecule has 0 radical (unpaired) electrons. The summed E-state index contributed by atoms with van der Waals surface area (Å²) in [6, 6.07) is -1.51. The zero-order valence-corrected chi connectivity index (χ0v) is 11.7. The minimum absolute atomic E-state index is 0.0678. The Morgan fingerprint density at radius 1 is 1.42 bits per heavy atom. The van der Waals surface area contributed by atoms with Crippen molar-refractivity contribution >= 4 is 39.0 Å². The van der Waals surface area contributed by atoms with Crippen LogP contribution in [0, 0.1) is 0 Å². The number of hydrogen-bond acceptors (Lipinski definition) is 3. The van der Waals surface area contributed by atoms with Gasteiger partial charge in [-0.3, -0.25) is 4.40 Å². The van der Waals surface area contributed by atoms with E-state index in [0.29, 0.717) is 21.9 Å². The molecule has 0 N–H and O–H groups in total. The smallest absolute Gasteiger partial charge is 0.341 e. The Kier molecular flexibility index (Phi) is 2.90. The Morgan fingerprint density at radius 3 is 2.74 bits per heavy atom. The highest BCUT2D eigenvalue weighted by Gasteiger charge is 2.49. The Morgan fingerprint density at radius 2 is 2.16 bits per heavy atom. The predicted octanol–water partition coefficient (Wildman–Crippen LogP) is 3.29. The highest BCUT2D eigenvalue weighted by atomic mass is 79.9. The third-order valence-electron chi connectivity index (χ3n) is 3.07. The van der Waals surface area contributed by atoms with E-state index in [-0.39, 0.29) is 12.2 Å². The second kappa shape index (κ2) is 4.24. The molecule has 0 aromatic carbocycles. The van der Waals surface area contributed by atoms with Crippen LogP contribution in [0.25, 0.3) is 5.65 Å². The van der Waals surface area contributed by atoms with Crippen LogP contribution in [0.4, 0.5) is 19.0 Å². The summed E-state index contributed by atoms with van der Waals surface area (Å²) in [6.07, 6.45) is -1.25. The van der Waals surface area contributed by atoms with Crippen molar-refractivity contribution in [2.24, 2.45) is 0 Å². The molecule has 1 saturated heterocycles. The Hall–Kier alpha value is -1.02. The van der Waals surface area contributed by atoms with Crippen molar-refractivity contribution in [1.82, 2.24) is 14.4 Å². The van der Waals surface area contributed by atoms with Crippen LogP contribution in [0.1, 0.15) is 6.42 Å². The third kappa shape index (κ3) is 2.06. The van der Waals surface area contributed by atoms with Gasteiger partial charge in [0.2, 0.25) is 0 Å². The zero-order chi connectivity index (χ0) is 13.8. The fourth-order valence-electron chi connectivity index (χ4n) is 2.09. The lowest BCUT2D eigenvalue weighted by Crippen LogP contribution is -2.56. The number of rotatable bonds is 1. The molecule has 19 heavy (non-hydrogen) atoms. The van der Waals surface area contributed by atoms with Crippen molar-refractivity contribution in [3.8, 4) is 0 Å². The summed E-state index contributed by atoms with van der Waals surface area (Å²) in [4.78, 5) is 9.32. The lowest BCUT2D eigenvalue weighted by atomic mass is 10.0. The number of hydrogen-bond donors (Lipinski definition) is 0. The summed E-state index contributed by atoms with van der Waals surface area (Å²) >= 11 is 9.09. The van der Waals surface area contributed by atoms with Crippen LogP contribution >= 0.6 is 27.5 Å². The van der Waals surface area contributed by atoms with E-state index in [9.17, 15) is 13.2 Å². The Labute approximate surface area is 119 Å². The molecule has 0 amide bonds. The van der Waals surface area contributed by atoms with Gasteiger partial charge in [0.1, 0.15) is 15.8 Å². The first-order valence-corrected chi connectivity index (χ1v) is 6.57. The molecule has 1 fully saturated rings. The molecule has 3 heterocycles. The highest BCUT2D eigenvalue weighted by molar-refractivity contribution is 9.10. The number of anilines is 1. The first kappa shape index (κ1) is 13.0. The van der Waals surface area contributed by atoms with E-state index in [0.717, 1.165) is 0 Å². The van der Waals surface area contributed by atoms with Gasteiger partial charge in [-0.2, -0.15) is 13.2 Å². The molecule has 0 unspecified atom stereocenters. The average molecular weight is 356 g/mol. The fourth-order valence-corrected chi connectivity index (χ4v) is 2.64. The second-order valence-corrected chi connectivity index (χ2v) is 5.40. The molecule has 102 valence electrons. The minimum atomic E-state index is -4.27. The molecule has 0 bridgehead atoms. The van der Waals surface area contributed by atoms with Gasteiger partial charge in [-0.1, -0.05) is 11.6 Å². The SMILES string of the molecule is FC(F)(F)[C@H]1CCN1c1nc(Br)cn2c(Cl)cnc12. The molecule has 4 nitrogen and oxygen atoms in total. The molecule has 9 heteroatoms. The molecular formula is C10H7BrClF3N4. The summed E-state index contributed by atoms with van der Waals surface area (Å²) in [5, 5.41) is 0.323. The largest absolute Gasteiger partial charge is 0.408 e. The van der Waals surface area contributed by atoms with E-state index >= 15 is 0 Å². The average Bonchev–Trinajstić information content (AvgIpc) is 2.56. The number of nitrogens with zero attached hydrogens (tertiary/aromatic N) is 4.